The van der Waals surface area contributed by atoms with Crippen LogP contribution in [0.4, 0.5) is 5.69 Å². The van der Waals surface area contributed by atoms with Gasteiger partial charge in [0.25, 0.3) is 5.56 Å². The number of H-pyrrole nitrogens is 1. The third-order valence-corrected chi connectivity index (χ3v) is 3.93. The number of aromatic amines is 1. The second kappa shape index (κ2) is 7.68. The van der Waals surface area contributed by atoms with Crippen LogP contribution in [0, 0.1) is 0 Å². The Hall–Kier alpha value is -2.75. The van der Waals surface area contributed by atoms with E-state index in [1.165, 1.54) is 0 Å². The van der Waals surface area contributed by atoms with Gasteiger partial charge < -0.3 is 15.0 Å². The molecule has 0 saturated heterocycles. The molecule has 0 radical (unpaired) electrons. The van der Waals surface area contributed by atoms with E-state index in [2.05, 4.69) is 17.2 Å². The standard InChI is InChI=1S/C20H22N2O2/c1-2-3-12-24-18-10-8-17(9-11-18)21-14-16-13-15-6-4-5-7-19(15)22-20(16)23/h4-11,13,21H,2-3,12,14H2,1H3,(H,22,23). The average Bonchev–Trinajstić information content (AvgIpc) is 2.61. The summed E-state index contributed by atoms with van der Waals surface area (Å²) >= 11 is 0. The van der Waals surface area contributed by atoms with Crippen LogP contribution in [0.5, 0.6) is 5.75 Å². The lowest BCUT2D eigenvalue weighted by Gasteiger charge is -2.09. The van der Waals surface area contributed by atoms with Crippen molar-refractivity contribution in [3.8, 4) is 5.75 Å². The second-order valence-corrected chi connectivity index (χ2v) is 5.79. The van der Waals surface area contributed by atoms with E-state index in [1.807, 2.05) is 54.6 Å². The Morgan fingerprint density at radius 1 is 1.08 bits per heavy atom. The lowest BCUT2D eigenvalue weighted by molar-refractivity contribution is 0.309. The number of anilines is 1. The Labute approximate surface area is 141 Å². The highest BCUT2D eigenvalue weighted by Crippen LogP contribution is 2.17. The molecule has 0 spiro atoms. The Bertz CT molecular complexity index is 853. The summed E-state index contributed by atoms with van der Waals surface area (Å²) in [7, 11) is 0. The van der Waals surface area contributed by atoms with Crippen molar-refractivity contribution in [1.29, 1.82) is 0 Å². The van der Waals surface area contributed by atoms with Gasteiger partial charge >= 0.3 is 0 Å². The Morgan fingerprint density at radius 2 is 1.88 bits per heavy atom. The quantitative estimate of drug-likeness (QED) is 0.637. The van der Waals surface area contributed by atoms with Gasteiger partial charge in [-0.3, -0.25) is 4.79 Å². The minimum atomic E-state index is -0.0549. The zero-order chi connectivity index (χ0) is 16.8. The molecule has 2 aromatic carbocycles. The first-order valence-electron chi connectivity index (χ1n) is 8.34. The number of unbranched alkanes of at least 4 members (excludes halogenated alkanes) is 1. The minimum Gasteiger partial charge on any atom is -0.494 e. The SMILES string of the molecule is CCCCOc1ccc(NCc2cc3ccccc3[nH]c2=O)cc1. The maximum absolute atomic E-state index is 12.1. The second-order valence-electron chi connectivity index (χ2n) is 5.79. The summed E-state index contributed by atoms with van der Waals surface area (Å²) in [6, 6.07) is 17.6. The van der Waals surface area contributed by atoms with E-state index in [1.54, 1.807) is 0 Å². The largest absolute Gasteiger partial charge is 0.494 e. The van der Waals surface area contributed by atoms with Crippen LogP contribution < -0.4 is 15.6 Å². The van der Waals surface area contributed by atoms with E-state index < -0.39 is 0 Å². The molecule has 0 amide bonds. The van der Waals surface area contributed by atoms with Crippen molar-refractivity contribution in [3.63, 3.8) is 0 Å². The number of hydrogen-bond donors (Lipinski definition) is 2. The van der Waals surface area contributed by atoms with E-state index >= 15 is 0 Å². The van der Waals surface area contributed by atoms with Gasteiger partial charge in [0.15, 0.2) is 0 Å². The Balaban J connectivity index is 1.65. The zero-order valence-electron chi connectivity index (χ0n) is 13.8. The number of benzene rings is 2. The van der Waals surface area contributed by atoms with Crippen LogP contribution in [0.25, 0.3) is 10.9 Å². The number of ether oxygens (including phenoxy) is 1. The van der Waals surface area contributed by atoms with Crippen LogP contribution in [0.2, 0.25) is 0 Å². The van der Waals surface area contributed by atoms with Crippen molar-refractivity contribution in [1.82, 2.24) is 4.98 Å². The fraction of sp³-hybridized carbons (Fsp3) is 0.250. The minimum absolute atomic E-state index is 0.0549. The van der Waals surface area contributed by atoms with Crippen LogP contribution in [0.1, 0.15) is 25.3 Å². The fourth-order valence-corrected chi connectivity index (χ4v) is 2.52. The molecule has 1 aromatic heterocycles. The molecule has 4 nitrogen and oxygen atoms in total. The molecule has 24 heavy (non-hydrogen) atoms. The summed E-state index contributed by atoms with van der Waals surface area (Å²) < 4.78 is 5.65. The first-order valence-corrected chi connectivity index (χ1v) is 8.34. The number of nitrogens with one attached hydrogen (secondary N) is 2. The summed E-state index contributed by atoms with van der Waals surface area (Å²) in [6.45, 7) is 3.37. The van der Waals surface area contributed by atoms with E-state index in [9.17, 15) is 4.79 Å². The van der Waals surface area contributed by atoms with E-state index in [0.29, 0.717) is 6.54 Å². The van der Waals surface area contributed by atoms with Crippen molar-refractivity contribution >= 4 is 16.6 Å². The Kier molecular flexibility index (Phi) is 5.16. The molecule has 3 rings (SSSR count). The van der Waals surface area contributed by atoms with Gasteiger partial charge in [-0.1, -0.05) is 31.5 Å². The molecular weight excluding hydrogens is 300 g/mol. The van der Waals surface area contributed by atoms with E-state index in [-0.39, 0.29) is 5.56 Å². The number of pyridine rings is 1. The van der Waals surface area contributed by atoms with Crippen LogP contribution in [0.15, 0.2) is 59.4 Å². The highest BCUT2D eigenvalue weighted by Gasteiger charge is 2.03. The third-order valence-electron chi connectivity index (χ3n) is 3.93. The molecule has 3 aromatic rings. The van der Waals surface area contributed by atoms with Gasteiger partial charge in [0.1, 0.15) is 5.75 Å². The molecule has 0 unspecified atom stereocenters. The summed E-state index contributed by atoms with van der Waals surface area (Å²) in [5.41, 5.74) is 2.49. The van der Waals surface area contributed by atoms with Crippen molar-refractivity contribution in [2.45, 2.75) is 26.3 Å². The lowest BCUT2D eigenvalue weighted by atomic mass is 10.1. The predicted molar refractivity (Wildman–Crippen MR) is 98.7 cm³/mol. The topological polar surface area (TPSA) is 54.1 Å². The number of fused-ring (bicyclic) bond motifs is 1. The van der Waals surface area contributed by atoms with Gasteiger partial charge in [0.05, 0.1) is 6.61 Å². The predicted octanol–water partition coefficient (Wildman–Crippen LogP) is 4.32. The van der Waals surface area contributed by atoms with Crippen LogP contribution in [-0.4, -0.2) is 11.6 Å². The smallest absolute Gasteiger partial charge is 0.253 e. The monoisotopic (exact) mass is 322 g/mol. The number of hydrogen-bond acceptors (Lipinski definition) is 3. The maximum Gasteiger partial charge on any atom is 0.253 e. The van der Waals surface area contributed by atoms with Crippen molar-refractivity contribution < 1.29 is 4.74 Å². The first-order chi connectivity index (χ1) is 11.8. The molecule has 0 fully saturated rings. The summed E-state index contributed by atoms with van der Waals surface area (Å²) in [6.07, 6.45) is 2.19. The maximum atomic E-state index is 12.1. The molecule has 4 heteroatoms. The number of para-hydroxylation sites is 1. The van der Waals surface area contributed by atoms with Crippen molar-refractivity contribution in [2.24, 2.45) is 0 Å². The summed E-state index contributed by atoms with van der Waals surface area (Å²) in [5.74, 6) is 0.873. The molecule has 0 aliphatic rings. The molecule has 0 atom stereocenters. The fourth-order valence-electron chi connectivity index (χ4n) is 2.52. The van der Waals surface area contributed by atoms with Crippen molar-refractivity contribution in [3.05, 3.63) is 70.5 Å². The summed E-state index contributed by atoms with van der Waals surface area (Å²) in [4.78, 5) is 15.1. The van der Waals surface area contributed by atoms with Gasteiger partial charge in [-0.25, -0.2) is 0 Å². The van der Waals surface area contributed by atoms with Crippen LogP contribution in [0.3, 0.4) is 0 Å². The molecule has 2 N–H and O–H groups in total. The molecule has 0 aliphatic heterocycles. The average molecular weight is 322 g/mol. The first kappa shape index (κ1) is 16.1. The normalized spacial score (nSPS) is 10.7. The highest BCUT2D eigenvalue weighted by atomic mass is 16.5. The van der Waals surface area contributed by atoms with E-state index in [0.717, 1.165) is 47.4 Å². The molecule has 0 bridgehead atoms. The van der Waals surface area contributed by atoms with Crippen molar-refractivity contribution in [2.75, 3.05) is 11.9 Å². The zero-order valence-corrected chi connectivity index (χ0v) is 13.8. The van der Waals surface area contributed by atoms with Gasteiger partial charge in [0.2, 0.25) is 0 Å². The lowest BCUT2D eigenvalue weighted by Crippen LogP contribution is -2.15. The van der Waals surface area contributed by atoms with Gasteiger partial charge in [-0.2, -0.15) is 0 Å². The van der Waals surface area contributed by atoms with Crippen LogP contribution >= 0.6 is 0 Å². The summed E-state index contributed by atoms with van der Waals surface area (Å²) in [5, 5.41) is 4.32. The molecule has 1 heterocycles. The molecule has 0 aliphatic carbocycles. The molecule has 124 valence electrons. The number of rotatable bonds is 7. The van der Waals surface area contributed by atoms with Gasteiger partial charge in [-0.15, -0.1) is 0 Å². The Morgan fingerprint density at radius 3 is 2.67 bits per heavy atom. The third kappa shape index (κ3) is 3.96. The van der Waals surface area contributed by atoms with Gasteiger partial charge in [-0.05, 0) is 48.2 Å². The molecule has 0 saturated carbocycles. The van der Waals surface area contributed by atoms with E-state index in [4.69, 9.17) is 4.74 Å². The highest BCUT2D eigenvalue weighted by molar-refractivity contribution is 5.78. The molecular formula is C20H22N2O2. The van der Waals surface area contributed by atoms with Crippen LogP contribution in [-0.2, 0) is 6.54 Å². The number of aromatic nitrogens is 1. The van der Waals surface area contributed by atoms with Gasteiger partial charge in [0, 0.05) is 23.3 Å².